The molecule has 19 heavy (non-hydrogen) atoms. The highest BCUT2D eigenvalue weighted by atomic mass is 16.4. The van der Waals surface area contributed by atoms with Crippen LogP contribution in [0.4, 0.5) is 0 Å². The van der Waals surface area contributed by atoms with Crippen LogP contribution in [0.2, 0.25) is 0 Å². The van der Waals surface area contributed by atoms with Crippen molar-refractivity contribution in [2.24, 2.45) is 5.73 Å². The van der Waals surface area contributed by atoms with Crippen LogP contribution in [0, 0.1) is 13.8 Å². The molecule has 1 aromatic heterocycles. The molecule has 8 nitrogen and oxygen atoms in total. The Bertz CT molecular complexity index is 489. The number of carboxylic acids is 1. The summed E-state index contributed by atoms with van der Waals surface area (Å²) in [5, 5.41) is 17.8. The smallest absolute Gasteiger partial charge is 0.326 e. The second-order valence-electron chi connectivity index (χ2n) is 4.18. The van der Waals surface area contributed by atoms with Gasteiger partial charge in [0.15, 0.2) is 0 Å². The van der Waals surface area contributed by atoms with Gasteiger partial charge in [0.25, 0.3) is 5.91 Å². The fourth-order valence-corrected chi connectivity index (χ4v) is 1.66. The molecular formula is C11H16N4O4. The Labute approximate surface area is 109 Å². The summed E-state index contributed by atoms with van der Waals surface area (Å²) in [6.45, 7) is 3.30. The summed E-state index contributed by atoms with van der Waals surface area (Å²) in [7, 11) is 0. The summed E-state index contributed by atoms with van der Waals surface area (Å²) in [5.74, 6) is -2.37. The van der Waals surface area contributed by atoms with E-state index in [0.717, 1.165) is 0 Å². The highest BCUT2D eigenvalue weighted by Crippen LogP contribution is 2.10. The maximum Gasteiger partial charge on any atom is 0.326 e. The molecule has 0 spiro atoms. The monoisotopic (exact) mass is 268 g/mol. The Hall–Kier alpha value is -2.38. The predicted molar refractivity (Wildman–Crippen MR) is 65.4 cm³/mol. The van der Waals surface area contributed by atoms with Crippen molar-refractivity contribution in [2.75, 3.05) is 0 Å². The number of nitrogens with one attached hydrogen (secondary N) is 2. The van der Waals surface area contributed by atoms with Gasteiger partial charge in [-0.2, -0.15) is 5.10 Å². The van der Waals surface area contributed by atoms with E-state index in [9.17, 15) is 14.4 Å². The molecule has 8 heteroatoms. The molecule has 0 aromatic carbocycles. The number of aromatic amines is 1. The molecular weight excluding hydrogens is 252 g/mol. The van der Waals surface area contributed by atoms with Crippen LogP contribution >= 0.6 is 0 Å². The fourth-order valence-electron chi connectivity index (χ4n) is 1.66. The average Bonchev–Trinajstić information content (AvgIpc) is 2.63. The number of hydrogen-bond acceptors (Lipinski definition) is 4. The van der Waals surface area contributed by atoms with Gasteiger partial charge in [0.2, 0.25) is 5.91 Å². The van der Waals surface area contributed by atoms with Gasteiger partial charge < -0.3 is 16.2 Å². The molecule has 0 aliphatic rings. The molecule has 5 N–H and O–H groups in total. The zero-order valence-corrected chi connectivity index (χ0v) is 10.7. The Morgan fingerprint density at radius 3 is 2.47 bits per heavy atom. The molecule has 1 unspecified atom stereocenters. The van der Waals surface area contributed by atoms with Gasteiger partial charge >= 0.3 is 5.97 Å². The minimum Gasteiger partial charge on any atom is -0.480 e. The predicted octanol–water partition coefficient (Wildman–Crippen LogP) is -0.525. The van der Waals surface area contributed by atoms with Gasteiger partial charge in [0, 0.05) is 12.1 Å². The minimum atomic E-state index is -1.21. The Morgan fingerprint density at radius 2 is 2.05 bits per heavy atom. The van der Waals surface area contributed by atoms with Crippen LogP contribution in [0.15, 0.2) is 0 Å². The molecule has 1 heterocycles. The van der Waals surface area contributed by atoms with E-state index in [4.69, 9.17) is 10.8 Å². The van der Waals surface area contributed by atoms with Gasteiger partial charge in [-0.25, -0.2) is 4.79 Å². The van der Waals surface area contributed by atoms with Crippen LogP contribution in [-0.4, -0.2) is 39.1 Å². The molecule has 0 bridgehead atoms. The van der Waals surface area contributed by atoms with Crippen molar-refractivity contribution in [3.05, 3.63) is 17.0 Å². The van der Waals surface area contributed by atoms with E-state index in [0.29, 0.717) is 17.0 Å². The number of hydrogen-bond donors (Lipinski definition) is 4. The molecule has 0 aliphatic heterocycles. The quantitative estimate of drug-likeness (QED) is 0.549. The largest absolute Gasteiger partial charge is 0.480 e. The number of amides is 2. The van der Waals surface area contributed by atoms with E-state index in [1.807, 2.05) is 0 Å². The van der Waals surface area contributed by atoms with E-state index in [2.05, 4.69) is 15.5 Å². The van der Waals surface area contributed by atoms with Crippen molar-refractivity contribution in [1.29, 1.82) is 0 Å². The molecule has 0 saturated carbocycles. The van der Waals surface area contributed by atoms with E-state index in [1.54, 1.807) is 13.8 Å². The maximum absolute atomic E-state index is 12.0. The molecule has 1 rings (SSSR count). The standard InChI is InChI=1S/C11H16N4O4/c1-5-9(6(2)15-14-5)10(17)13-7(11(18)19)3-4-8(12)16/h7H,3-4H2,1-2H3,(H2,12,16)(H,13,17)(H,14,15)(H,18,19). The lowest BCUT2D eigenvalue weighted by molar-refractivity contribution is -0.139. The van der Waals surface area contributed by atoms with Gasteiger partial charge in [0.1, 0.15) is 6.04 Å². The highest BCUT2D eigenvalue weighted by Gasteiger charge is 2.23. The molecule has 0 aliphatic carbocycles. The van der Waals surface area contributed by atoms with Gasteiger partial charge in [0.05, 0.1) is 11.3 Å². The van der Waals surface area contributed by atoms with Gasteiger partial charge in [-0.05, 0) is 20.3 Å². The van der Waals surface area contributed by atoms with Gasteiger partial charge in [-0.3, -0.25) is 14.7 Å². The molecule has 1 aromatic rings. The zero-order chi connectivity index (χ0) is 14.6. The number of rotatable bonds is 6. The van der Waals surface area contributed by atoms with E-state index in [-0.39, 0.29) is 12.8 Å². The summed E-state index contributed by atoms with van der Waals surface area (Å²) in [6, 6.07) is -1.16. The zero-order valence-electron chi connectivity index (χ0n) is 10.7. The molecule has 0 fully saturated rings. The third-order valence-corrected chi connectivity index (χ3v) is 2.64. The van der Waals surface area contributed by atoms with Gasteiger partial charge in [-0.1, -0.05) is 0 Å². The summed E-state index contributed by atoms with van der Waals surface area (Å²) in [6.07, 6.45) is -0.160. The topological polar surface area (TPSA) is 138 Å². The van der Waals surface area contributed by atoms with Crippen LogP contribution in [0.1, 0.15) is 34.6 Å². The number of primary amides is 1. The number of aliphatic carboxylic acids is 1. The normalized spacial score (nSPS) is 11.9. The first kappa shape index (κ1) is 14.7. The second kappa shape index (κ2) is 5.98. The minimum absolute atomic E-state index is 0.0493. The molecule has 104 valence electrons. The fraction of sp³-hybridized carbons (Fsp3) is 0.455. The lowest BCUT2D eigenvalue weighted by atomic mass is 10.1. The SMILES string of the molecule is Cc1n[nH]c(C)c1C(=O)NC(CCC(N)=O)C(=O)O. The number of carbonyl (C=O) groups is 3. The van der Waals surface area contributed by atoms with Crippen molar-refractivity contribution < 1.29 is 19.5 Å². The van der Waals surface area contributed by atoms with Gasteiger partial charge in [-0.15, -0.1) is 0 Å². The molecule has 0 radical (unpaired) electrons. The van der Waals surface area contributed by atoms with Crippen LogP contribution in [0.25, 0.3) is 0 Å². The Kier molecular flexibility index (Phi) is 4.62. The summed E-state index contributed by atoms with van der Waals surface area (Å²) >= 11 is 0. The number of aryl methyl sites for hydroxylation is 2. The lowest BCUT2D eigenvalue weighted by Crippen LogP contribution is -2.41. The Balaban J connectivity index is 2.77. The molecule has 1 atom stereocenters. The van der Waals surface area contributed by atoms with E-state index >= 15 is 0 Å². The number of nitrogens with two attached hydrogens (primary N) is 1. The first-order chi connectivity index (χ1) is 8.82. The third-order valence-electron chi connectivity index (χ3n) is 2.64. The number of nitrogens with zero attached hydrogens (tertiary/aromatic N) is 1. The van der Waals surface area contributed by atoms with Crippen LogP contribution in [0.5, 0.6) is 0 Å². The Morgan fingerprint density at radius 1 is 1.42 bits per heavy atom. The van der Waals surface area contributed by atoms with Crippen molar-refractivity contribution in [3.63, 3.8) is 0 Å². The summed E-state index contributed by atoms with van der Waals surface area (Å²) < 4.78 is 0. The first-order valence-corrected chi connectivity index (χ1v) is 5.66. The third kappa shape index (κ3) is 3.80. The lowest BCUT2D eigenvalue weighted by Gasteiger charge is -2.13. The first-order valence-electron chi connectivity index (χ1n) is 5.66. The molecule has 0 saturated heterocycles. The van der Waals surface area contributed by atoms with Crippen molar-refractivity contribution in [3.8, 4) is 0 Å². The van der Waals surface area contributed by atoms with Crippen LogP contribution < -0.4 is 11.1 Å². The van der Waals surface area contributed by atoms with E-state index in [1.165, 1.54) is 0 Å². The van der Waals surface area contributed by atoms with Crippen LogP contribution in [0.3, 0.4) is 0 Å². The molecule has 2 amide bonds. The van der Waals surface area contributed by atoms with E-state index < -0.39 is 23.8 Å². The summed E-state index contributed by atoms with van der Waals surface area (Å²) in [4.78, 5) is 33.6. The highest BCUT2D eigenvalue weighted by molar-refractivity contribution is 5.98. The van der Waals surface area contributed by atoms with Crippen molar-refractivity contribution >= 4 is 17.8 Å². The average molecular weight is 268 g/mol. The second-order valence-corrected chi connectivity index (χ2v) is 4.18. The van der Waals surface area contributed by atoms with Crippen molar-refractivity contribution in [2.45, 2.75) is 32.7 Å². The number of carboxylic acid groups (broad SMARTS) is 1. The number of H-pyrrole nitrogens is 1. The number of aromatic nitrogens is 2. The maximum atomic E-state index is 12.0. The number of carbonyl (C=O) groups excluding carboxylic acids is 2. The summed E-state index contributed by atoms with van der Waals surface area (Å²) in [5.41, 5.74) is 6.30. The van der Waals surface area contributed by atoms with Crippen molar-refractivity contribution in [1.82, 2.24) is 15.5 Å². The van der Waals surface area contributed by atoms with Crippen LogP contribution in [-0.2, 0) is 9.59 Å².